The third-order valence-electron chi connectivity index (χ3n) is 4.24. The van der Waals surface area contributed by atoms with Gasteiger partial charge in [-0.25, -0.2) is 13.8 Å². The highest BCUT2D eigenvalue weighted by Crippen LogP contribution is 2.21. The van der Waals surface area contributed by atoms with Gasteiger partial charge in [0.2, 0.25) is 5.91 Å². The SMILES string of the molecule is CCc1cc(=O)n(CC(=O)Nc2ccc(OC)c(F)c2)c(-c2cccc(F)c2)n1. The van der Waals surface area contributed by atoms with Crippen molar-refractivity contribution in [3.8, 4) is 17.1 Å². The standard InChI is InChI=1S/C21H19F2N3O3/c1-3-15-11-20(28)26(21(25-15)13-5-4-6-14(22)9-13)12-19(27)24-16-7-8-18(29-2)17(23)10-16/h4-11H,3,12H2,1-2H3,(H,24,27). The summed E-state index contributed by atoms with van der Waals surface area (Å²) in [5.41, 5.74) is 0.683. The van der Waals surface area contributed by atoms with Crippen LogP contribution in [0, 0.1) is 11.6 Å². The largest absolute Gasteiger partial charge is 0.494 e. The number of nitrogens with zero attached hydrogens (tertiary/aromatic N) is 2. The number of halogens is 2. The van der Waals surface area contributed by atoms with E-state index in [1.54, 1.807) is 6.07 Å². The fourth-order valence-corrected chi connectivity index (χ4v) is 2.82. The van der Waals surface area contributed by atoms with E-state index >= 15 is 0 Å². The second-order valence-corrected chi connectivity index (χ2v) is 6.26. The molecule has 0 fully saturated rings. The fourth-order valence-electron chi connectivity index (χ4n) is 2.82. The zero-order valence-electron chi connectivity index (χ0n) is 15.9. The van der Waals surface area contributed by atoms with Crippen LogP contribution < -0.4 is 15.6 Å². The van der Waals surface area contributed by atoms with Gasteiger partial charge in [0.1, 0.15) is 18.2 Å². The Hall–Kier alpha value is -3.55. The van der Waals surface area contributed by atoms with E-state index in [0.29, 0.717) is 17.7 Å². The molecular weight excluding hydrogens is 380 g/mol. The number of nitrogens with one attached hydrogen (secondary N) is 1. The third kappa shape index (κ3) is 4.66. The molecule has 1 aromatic heterocycles. The monoisotopic (exact) mass is 399 g/mol. The number of carbonyl (C=O) groups is 1. The zero-order valence-corrected chi connectivity index (χ0v) is 15.9. The van der Waals surface area contributed by atoms with Gasteiger partial charge in [0.15, 0.2) is 11.6 Å². The van der Waals surface area contributed by atoms with E-state index in [0.717, 1.165) is 10.6 Å². The Morgan fingerprint density at radius 1 is 1.17 bits per heavy atom. The van der Waals surface area contributed by atoms with Crippen LogP contribution in [0.25, 0.3) is 11.4 Å². The average Bonchev–Trinajstić information content (AvgIpc) is 2.69. The van der Waals surface area contributed by atoms with Gasteiger partial charge in [0, 0.05) is 29.1 Å². The third-order valence-corrected chi connectivity index (χ3v) is 4.24. The molecule has 0 aliphatic heterocycles. The van der Waals surface area contributed by atoms with E-state index in [4.69, 9.17) is 4.74 Å². The van der Waals surface area contributed by atoms with Crippen molar-refractivity contribution in [2.75, 3.05) is 12.4 Å². The maximum Gasteiger partial charge on any atom is 0.254 e. The Labute approximate surface area is 165 Å². The van der Waals surface area contributed by atoms with Crippen LogP contribution in [0.2, 0.25) is 0 Å². The predicted octanol–water partition coefficient (Wildman–Crippen LogP) is 3.40. The van der Waals surface area contributed by atoms with Crippen LogP contribution in [-0.4, -0.2) is 22.6 Å². The number of aryl methyl sites for hydroxylation is 1. The first-order chi connectivity index (χ1) is 13.9. The maximum atomic E-state index is 13.8. The molecule has 29 heavy (non-hydrogen) atoms. The summed E-state index contributed by atoms with van der Waals surface area (Å²) in [6.07, 6.45) is 0.510. The molecule has 3 aromatic rings. The first-order valence-electron chi connectivity index (χ1n) is 8.91. The molecule has 8 heteroatoms. The van der Waals surface area contributed by atoms with Gasteiger partial charge in [0.05, 0.1) is 7.11 Å². The van der Waals surface area contributed by atoms with E-state index in [-0.39, 0.29) is 23.8 Å². The molecular formula is C21H19F2N3O3. The van der Waals surface area contributed by atoms with Crippen LogP contribution in [0.3, 0.4) is 0 Å². The van der Waals surface area contributed by atoms with Crippen LogP contribution in [0.5, 0.6) is 5.75 Å². The normalized spacial score (nSPS) is 10.6. The lowest BCUT2D eigenvalue weighted by molar-refractivity contribution is -0.116. The molecule has 6 nitrogen and oxygen atoms in total. The van der Waals surface area contributed by atoms with E-state index < -0.39 is 23.1 Å². The summed E-state index contributed by atoms with van der Waals surface area (Å²) in [7, 11) is 1.34. The summed E-state index contributed by atoms with van der Waals surface area (Å²) >= 11 is 0. The quantitative estimate of drug-likeness (QED) is 0.690. The van der Waals surface area contributed by atoms with E-state index in [1.807, 2.05) is 6.92 Å². The van der Waals surface area contributed by atoms with Crippen molar-refractivity contribution in [3.05, 3.63) is 76.2 Å². The van der Waals surface area contributed by atoms with Gasteiger partial charge in [-0.1, -0.05) is 19.1 Å². The van der Waals surface area contributed by atoms with E-state index in [9.17, 15) is 18.4 Å². The molecule has 0 saturated heterocycles. The van der Waals surface area contributed by atoms with Gasteiger partial charge in [-0.2, -0.15) is 0 Å². The fraction of sp³-hybridized carbons (Fsp3) is 0.190. The number of amides is 1. The summed E-state index contributed by atoms with van der Waals surface area (Å²) in [6, 6.07) is 10.9. The number of ether oxygens (including phenoxy) is 1. The highest BCUT2D eigenvalue weighted by molar-refractivity contribution is 5.90. The van der Waals surface area contributed by atoms with E-state index in [1.165, 1.54) is 43.5 Å². The zero-order chi connectivity index (χ0) is 21.0. The first kappa shape index (κ1) is 20.2. The molecule has 0 radical (unpaired) electrons. The minimum Gasteiger partial charge on any atom is -0.494 e. The molecule has 150 valence electrons. The lowest BCUT2D eigenvalue weighted by Crippen LogP contribution is -2.30. The van der Waals surface area contributed by atoms with Crippen molar-refractivity contribution in [2.24, 2.45) is 0 Å². The Morgan fingerprint density at radius 2 is 1.97 bits per heavy atom. The Kier molecular flexibility index (Phi) is 6.01. The van der Waals surface area contributed by atoms with Crippen molar-refractivity contribution in [1.29, 1.82) is 0 Å². The summed E-state index contributed by atoms with van der Waals surface area (Å²) in [5, 5.41) is 2.53. The van der Waals surface area contributed by atoms with Gasteiger partial charge in [-0.05, 0) is 30.7 Å². The topological polar surface area (TPSA) is 73.2 Å². The summed E-state index contributed by atoms with van der Waals surface area (Å²) in [4.78, 5) is 29.5. The summed E-state index contributed by atoms with van der Waals surface area (Å²) < 4.78 is 33.5. The second kappa shape index (κ2) is 8.64. The van der Waals surface area contributed by atoms with Crippen molar-refractivity contribution in [3.63, 3.8) is 0 Å². The van der Waals surface area contributed by atoms with Crippen LogP contribution in [0.1, 0.15) is 12.6 Å². The Balaban J connectivity index is 1.93. The van der Waals surface area contributed by atoms with Crippen LogP contribution in [0.15, 0.2) is 53.3 Å². The molecule has 0 atom stereocenters. The first-order valence-corrected chi connectivity index (χ1v) is 8.91. The molecule has 0 aliphatic carbocycles. The van der Waals surface area contributed by atoms with Gasteiger partial charge in [0.25, 0.3) is 5.56 Å². The van der Waals surface area contributed by atoms with Crippen LogP contribution >= 0.6 is 0 Å². The molecule has 0 unspecified atom stereocenters. The number of benzene rings is 2. The molecule has 2 aromatic carbocycles. The smallest absolute Gasteiger partial charge is 0.254 e. The number of rotatable bonds is 6. The minimum atomic E-state index is -0.628. The van der Waals surface area contributed by atoms with Crippen molar-refractivity contribution in [2.45, 2.75) is 19.9 Å². The molecule has 0 saturated carbocycles. The summed E-state index contributed by atoms with van der Waals surface area (Å²) in [6.45, 7) is 1.47. The van der Waals surface area contributed by atoms with Gasteiger partial charge in [-0.3, -0.25) is 14.2 Å². The molecule has 0 bridgehead atoms. The lowest BCUT2D eigenvalue weighted by atomic mass is 10.2. The maximum absolute atomic E-state index is 13.8. The minimum absolute atomic E-state index is 0.0481. The van der Waals surface area contributed by atoms with Crippen molar-refractivity contribution in [1.82, 2.24) is 9.55 Å². The number of methoxy groups -OCH3 is 1. The second-order valence-electron chi connectivity index (χ2n) is 6.26. The number of anilines is 1. The number of aromatic nitrogens is 2. The van der Waals surface area contributed by atoms with Gasteiger partial charge >= 0.3 is 0 Å². The predicted molar refractivity (Wildman–Crippen MR) is 105 cm³/mol. The van der Waals surface area contributed by atoms with Gasteiger partial charge < -0.3 is 10.1 Å². The van der Waals surface area contributed by atoms with Crippen molar-refractivity contribution < 1.29 is 18.3 Å². The molecule has 0 aliphatic rings. The molecule has 1 amide bonds. The summed E-state index contributed by atoms with van der Waals surface area (Å²) in [5.74, 6) is -1.43. The molecule has 0 spiro atoms. The lowest BCUT2D eigenvalue weighted by Gasteiger charge is -2.14. The van der Waals surface area contributed by atoms with Crippen LogP contribution in [0.4, 0.5) is 14.5 Å². The molecule has 3 rings (SSSR count). The number of carbonyl (C=O) groups excluding carboxylic acids is 1. The molecule has 1 heterocycles. The number of hydrogen-bond donors (Lipinski definition) is 1. The Morgan fingerprint density at radius 3 is 2.62 bits per heavy atom. The highest BCUT2D eigenvalue weighted by atomic mass is 19.1. The molecule has 1 N–H and O–H groups in total. The average molecular weight is 399 g/mol. The Bertz CT molecular complexity index is 1110. The van der Waals surface area contributed by atoms with Crippen LogP contribution in [-0.2, 0) is 17.8 Å². The van der Waals surface area contributed by atoms with E-state index in [2.05, 4.69) is 10.3 Å². The highest BCUT2D eigenvalue weighted by Gasteiger charge is 2.15. The van der Waals surface area contributed by atoms with Gasteiger partial charge in [-0.15, -0.1) is 0 Å². The van der Waals surface area contributed by atoms with Crippen molar-refractivity contribution >= 4 is 11.6 Å². The number of hydrogen-bond acceptors (Lipinski definition) is 4.